The van der Waals surface area contributed by atoms with Gasteiger partial charge in [0, 0.05) is 25.2 Å². The van der Waals surface area contributed by atoms with Gasteiger partial charge >= 0.3 is 5.97 Å². The Morgan fingerprint density at radius 3 is 2.65 bits per heavy atom. The normalized spacial score (nSPS) is 18.9. The van der Waals surface area contributed by atoms with Gasteiger partial charge in [-0.05, 0) is 17.7 Å². The van der Waals surface area contributed by atoms with E-state index in [-0.39, 0.29) is 12.3 Å². The fourth-order valence-corrected chi connectivity index (χ4v) is 2.19. The van der Waals surface area contributed by atoms with Crippen molar-refractivity contribution in [3.63, 3.8) is 0 Å². The Balaban J connectivity index is 2.02. The maximum absolute atomic E-state index is 12.3. The van der Waals surface area contributed by atoms with Crippen LogP contribution in [0.1, 0.15) is 22.3 Å². The summed E-state index contributed by atoms with van der Waals surface area (Å²) in [7, 11) is 0. The standard InChI is InChI=1S/C14H18N2O4/c15-8-10-1-3-11(4-2-10)14(19)16-5-6-20-12(9-16)7-13(17)18/h1-4,12H,5-9,15H2,(H,17,18). The molecule has 0 radical (unpaired) electrons. The van der Waals surface area contributed by atoms with Crippen molar-refractivity contribution in [2.24, 2.45) is 5.73 Å². The van der Waals surface area contributed by atoms with Gasteiger partial charge in [-0.2, -0.15) is 0 Å². The smallest absolute Gasteiger partial charge is 0.306 e. The van der Waals surface area contributed by atoms with E-state index in [1.165, 1.54) is 0 Å². The van der Waals surface area contributed by atoms with Crippen LogP contribution in [0.5, 0.6) is 0 Å². The van der Waals surface area contributed by atoms with Crippen LogP contribution in [0.15, 0.2) is 24.3 Å². The second-order valence-electron chi connectivity index (χ2n) is 4.74. The number of hydrogen-bond acceptors (Lipinski definition) is 4. The molecule has 0 aromatic heterocycles. The Labute approximate surface area is 117 Å². The van der Waals surface area contributed by atoms with Gasteiger partial charge in [-0.25, -0.2) is 0 Å². The molecule has 1 amide bonds. The summed E-state index contributed by atoms with van der Waals surface area (Å²) in [5, 5.41) is 8.77. The fraction of sp³-hybridized carbons (Fsp3) is 0.429. The van der Waals surface area contributed by atoms with Crippen molar-refractivity contribution in [2.45, 2.75) is 19.1 Å². The number of carbonyl (C=O) groups excluding carboxylic acids is 1. The van der Waals surface area contributed by atoms with E-state index in [2.05, 4.69) is 0 Å². The predicted octanol–water partition coefficient (Wildman–Crippen LogP) is 0.461. The van der Waals surface area contributed by atoms with E-state index < -0.39 is 12.1 Å². The summed E-state index contributed by atoms with van der Waals surface area (Å²) in [5.74, 6) is -1.02. The van der Waals surface area contributed by atoms with E-state index in [1.807, 2.05) is 12.1 Å². The highest BCUT2D eigenvalue weighted by Crippen LogP contribution is 2.13. The predicted molar refractivity (Wildman–Crippen MR) is 72.2 cm³/mol. The lowest BCUT2D eigenvalue weighted by Gasteiger charge is -2.32. The van der Waals surface area contributed by atoms with Gasteiger partial charge in [-0.1, -0.05) is 12.1 Å². The topological polar surface area (TPSA) is 92.9 Å². The second-order valence-corrected chi connectivity index (χ2v) is 4.74. The molecule has 20 heavy (non-hydrogen) atoms. The number of rotatable bonds is 4. The lowest BCUT2D eigenvalue weighted by Crippen LogP contribution is -2.46. The first kappa shape index (κ1) is 14.5. The molecular formula is C14H18N2O4. The number of aliphatic carboxylic acids is 1. The van der Waals surface area contributed by atoms with E-state index in [0.717, 1.165) is 5.56 Å². The average molecular weight is 278 g/mol. The number of carboxylic acids is 1. The van der Waals surface area contributed by atoms with Crippen molar-refractivity contribution in [2.75, 3.05) is 19.7 Å². The van der Waals surface area contributed by atoms with Gasteiger partial charge in [-0.15, -0.1) is 0 Å². The number of hydrogen-bond donors (Lipinski definition) is 2. The molecule has 1 heterocycles. The molecule has 1 unspecified atom stereocenters. The molecule has 1 atom stereocenters. The summed E-state index contributed by atoms with van der Waals surface area (Å²) in [5.41, 5.74) is 7.06. The summed E-state index contributed by atoms with van der Waals surface area (Å²) in [6, 6.07) is 7.13. The number of nitrogens with two attached hydrogens (primary N) is 1. The van der Waals surface area contributed by atoms with Gasteiger partial charge in [0.05, 0.1) is 19.1 Å². The van der Waals surface area contributed by atoms with Crippen molar-refractivity contribution >= 4 is 11.9 Å². The highest BCUT2D eigenvalue weighted by Gasteiger charge is 2.26. The summed E-state index contributed by atoms with van der Waals surface area (Å²) >= 11 is 0. The molecule has 1 fully saturated rings. The van der Waals surface area contributed by atoms with Crippen LogP contribution in [0.25, 0.3) is 0 Å². The van der Waals surface area contributed by atoms with E-state index in [1.54, 1.807) is 17.0 Å². The molecule has 1 aliphatic heterocycles. The molecule has 6 heteroatoms. The molecular weight excluding hydrogens is 260 g/mol. The van der Waals surface area contributed by atoms with Gasteiger partial charge in [0.25, 0.3) is 5.91 Å². The van der Waals surface area contributed by atoms with Crippen molar-refractivity contribution in [3.8, 4) is 0 Å². The largest absolute Gasteiger partial charge is 0.481 e. The summed E-state index contributed by atoms with van der Waals surface area (Å²) in [6.45, 7) is 1.59. The molecule has 3 N–H and O–H groups in total. The minimum Gasteiger partial charge on any atom is -0.481 e. The van der Waals surface area contributed by atoms with E-state index >= 15 is 0 Å². The maximum Gasteiger partial charge on any atom is 0.306 e. The van der Waals surface area contributed by atoms with Gasteiger partial charge in [-0.3, -0.25) is 9.59 Å². The van der Waals surface area contributed by atoms with E-state index in [9.17, 15) is 9.59 Å². The third-order valence-corrected chi connectivity index (χ3v) is 3.26. The highest BCUT2D eigenvalue weighted by atomic mass is 16.5. The Bertz CT molecular complexity index is 486. The molecule has 6 nitrogen and oxygen atoms in total. The molecule has 0 saturated carbocycles. The first-order valence-electron chi connectivity index (χ1n) is 6.52. The number of ether oxygens (including phenoxy) is 1. The number of carbonyl (C=O) groups is 2. The summed E-state index contributed by atoms with van der Waals surface area (Å²) in [4.78, 5) is 24.6. The zero-order chi connectivity index (χ0) is 14.5. The Morgan fingerprint density at radius 2 is 2.05 bits per heavy atom. The van der Waals surface area contributed by atoms with Crippen molar-refractivity contribution < 1.29 is 19.4 Å². The van der Waals surface area contributed by atoms with E-state index in [4.69, 9.17) is 15.6 Å². The Kier molecular flexibility index (Phi) is 4.70. The minimum atomic E-state index is -0.920. The van der Waals surface area contributed by atoms with Crippen LogP contribution in [0.3, 0.4) is 0 Å². The molecule has 0 bridgehead atoms. The lowest BCUT2D eigenvalue weighted by molar-refractivity contribution is -0.141. The minimum absolute atomic E-state index is 0.0874. The second kappa shape index (κ2) is 6.49. The molecule has 0 aliphatic carbocycles. The van der Waals surface area contributed by atoms with Crippen LogP contribution in [0.4, 0.5) is 0 Å². The monoisotopic (exact) mass is 278 g/mol. The fourth-order valence-electron chi connectivity index (χ4n) is 2.19. The third kappa shape index (κ3) is 3.55. The van der Waals surface area contributed by atoms with Crippen LogP contribution < -0.4 is 5.73 Å². The van der Waals surface area contributed by atoms with Gasteiger partial charge in [0.15, 0.2) is 0 Å². The quantitative estimate of drug-likeness (QED) is 0.834. The first-order valence-corrected chi connectivity index (χ1v) is 6.52. The van der Waals surface area contributed by atoms with Crippen molar-refractivity contribution in [3.05, 3.63) is 35.4 Å². The number of benzene rings is 1. The number of nitrogens with zero attached hydrogens (tertiary/aromatic N) is 1. The highest BCUT2D eigenvalue weighted by molar-refractivity contribution is 5.94. The summed E-state index contributed by atoms with van der Waals surface area (Å²) in [6.07, 6.45) is -0.524. The molecule has 1 aromatic rings. The maximum atomic E-state index is 12.3. The first-order chi connectivity index (χ1) is 9.60. The zero-order valence-electron chi connectivity index (χ0n) is 11.1. The van der Waals surface area contributed by atoms with Crippen LogP contribution in [-0.4, -0.2) is 47.7 Å². The zero-order valence-corrected chi connectivity index (χ0v) is 11.1. The van der Waals surface area contributed by atoms with Gasteiger partial charge in [0.2, 0.25) is 0 Å². The SMILES string of the molecule is NCc1ccc(C(=O)N2CCOC(CC(=O)O)C2)cc1. The summed E-state index contributed by atoms with van der Waals surface area (Å²) < 4.78 is 5.35. The van der Waals surface area contributed by atoms with Gasteiger partial charge < -0.3 is 20.5 Å². The van der Waals surface area contributed by atoms with Crippen LogP contribution in [0, 0.1) is 0 Å². The number of morpholine rings is 1. The van der Waals surface area contributed by atoms with Crippen LogP contribution in [-0.2, 0) is 16.1 Å². The Hall–Kier alpha value is -1.92. The van der Waals surface area contributed by atoms with E-state index in [0.29, 0.717) is 31.8 Å². The Morgan fingerprint density at radius 1 is 1.35 bits per heavy atom. The van der Waals surface area contributed by atoms with Gasteiger partial charge in [0.1, 0.15) is 0 Å². The molecule has 0 spiro atoms. The molecule has 1 saturated heterocycles. The number of amides is 1. The molecule has 1 aromatic carbocycles. The van der Waals surface area contributed by atoms with Crippen LogP contribution in [0.2, 0.25) is 0 Å². The van der Waals surface area contributed by atoms with Crippen molar-refractivity contribution in [1.29, 1.82) is 0 Å². The molecule has 108 valence electrons. The number of carboxylic acid groups (broad SMARTS) is 1. The molecule has 2 rings (SSSR count). The third-order valence-electron chi connectivity index (χ3n) is 3.26. The molecule has 1 aliphatic rings. The lowest BCUT2D eigenvalue weighted by atomic mass is 10.1. The van der Waals surface area contributed by atoms with Crippen LogP contribution >= 0.6 is 0 Å². The van der Waals surface area contributed by atoms with Crippen molar-refractivity contribution in [1.82, 2.24) is 4.90 Å². The average Bonchev–Trinajstić information content (AvgIpc) is 2.46.